The summed E-state index contributed by atoms with van der Waals surface area (Å²) in [6.07, 6.45) is 0. The molecular formula is C14H9ClN2O3. The molecule has 0 aliphatic carbocycles. The first-order valence-corrected chi connectivity index (χ1v) is 6.04. The number of hydrogen-bond acceptors (Lipinski definition) is 4. The van der Waals surface area contributed by atoms with Crippen LogP contribution < -0.4 is 4.74 Å². The van der Waals surface area contributed by atoms with Crippen molar-refractivity contribution < 1.29 is 9.66 Å². The molecule has 0 amide bonds. The van der Waals surface area contributed by atoms with E-state index in [1.54, 1.807) is 36.4 Å². The first-order valence-electron chi connectivity index (χ1n) is 5.66. The summed E-state index contributed by atoms with van der Waals surface area (Å²) in [5.74, 6) is 0.480. The zero-order valence-electron chi connectivity index (χ0n) is 10.2. The molecule has 0 spiro atoms. The average molecular weight is 289 g/mol. The molecule has 0 aliphatic heterocycles. The summed E-state index contributed by atoms with van der Waals surface area (Å²) in [5, 5.41) is 20.0. The lowest BCUT2D eigenvalue weighted by Crippen LogP contribution is -2.00. The van der Waals surface area contributed by atoms with Crippen molar-refractivity contribution in [2.24, 2.45) is 0 Å². The van der Waals surface area contributed by atoms with E-state index in [0.717, 1.165) is 0 Å². The van der Waals surface area contributed by atoms with Crippen LogP contribution in [-0.2, 0) is 6.61 Å². The molecule has 0 saturated heterocycles. The minimum atomic E-state index is -0.504. The second-order valence-corrected chi connectivity index (χ2v) is 4.39. The van der Waals surface area contributed by atoms with Crippen molar-refractivity contribution >= 4 is 17.3 Å². The van der Waals surface area contributed by atoms with Crippen LogP contribution in [0.1, 0.15) is 11.1 Å². The van der Waals surface area contributed by atoms with Gasteiger partial charge in [0.2, 0.25) is 0 Å². The highest BCUT2D eigenvalue weighted by atomic mass is 35.5. The van der Waals surface area contributed by atoms with Gasteiger partial charge in [-0.3, -0.25) is 10.1 Å². The molecule has 0 saturated carbocycles. The number of nitro groups is 1. The number of halogens is 1. The van der Waals surface area contributed by atoms with Crippen LogP contribution in [0.5, 0.6) is 5.75 Å². The van der Waals surface area contributed by atoms with Crippen molar-refractivity contribution in [3.8, 4) is 11.8 Å². The summed E-state index contributed by atoms with van der Waals surface area (Å²) in [4.78, 5) is 10.4. The molecule has 0 fully saturated rings. The minimum absolute atomic E-state index is 0.0301. The molecule has 2 aromatic carbocycles. The van der Waals surface area contributed by atoms with Crippen LogP contribution in [0.25, 0.3) is 0 Å². The molecule has 2 rings (SSSR count). The lowest BCUT2D eigenvalue weighted by Gasteiger charge is -2.07. The third kappa shape index (κ3) is 3.25. The minimum Gasteiger partial charge on any atom is -0.489 e. The van der Waals surface area contributed by atoms with Gasteiger partial charge in [0.05, 0.1) is 22.1 Å². The Morgan fingerprint density at radius 3 is 2.80 bits per heavy atom. The fourth-order valence-electron chi connectivity index (χ4n) is 1.65. The quantitative estimate of drug-likeness (QED) is 0.635. The van der Waals surface area contributed by atoms with Gasteiger partial charge < -0.3 is 4.74 Å². The second kappa shape index (κ2) is 6.04. The molecule has 0 radical (unpaired) electrons. The van der Waals surface area contributed by atoms with Gasteiger partial charge in [-0.15, -0.1) is 0 Å². The molecule has 0 bridgehead atoms. The fourth-order valence-corrected chi connectivity index (χ4v) is 1.81. The van der Waals surface area contributed by atoms with Crippen LogP contribution in [0, 0.1) is 21.4 Å². The zero-order valence-corrected chi connectivity index (χ0v) is 11.0. The summed E-state index contributed by atoms with van der Waals surface area (Å²) < 4.78 is 5.47. The fraction of sp³-hybridized carbons (Fsp3) is 0.0714. The third-order valence-electron chi connectivity index (χ3n) is 2.60. The number of benzene rings is 2. The number of rotatable bonds is 4. The highest BCUT2D eigenvalue weighted by Crippen LogP contribution is 2.24. The van der Waals surface area contributed by atoms with Crippen molar-refractivity contribution in [3.63, 3.8) is 0 Å². The Morgan fingerprint density at radius 2 is 2.10 bits per heavy atom. The van der Waals surface area contributed by atoms with E-state index in [9.17, 15) is 10.1 Å². The van der Waals surface area contributed by atoms with E-state index < -0.39 is 4.92 Å². The van der Waals surface area contributed by atoms with E-state index in [4.69, 9.17) is 21.6 Å². The third-order valence-corrected chi connectivity index (χ3v) is 2.84. The van der Waals surface area contributed by atoms with Crippen LogP contribution in [0.15, 0.2) is 42.5 Å². The maximum absolute atomic E-state index is 10.9. The Bertz CT molecular complexity index is 695. The predicted molar refractivity (Wildman–Crippen MR) is 73.6 cm³/mol. The Hall–Kier alpha value is -2.58. The summed E-state index contributed by atoms with van der Waals surface area (Å²) in [6, 6.07) is 13.0. The highest BCUT2D eigenvalue weighted by Gasteiger charge is 2.14. The predicted octanol–water partition coefficient (Wildman–Crippen LogP) is 3.70. The van der Waals surface area contributed by atoms with Crippen molar-refractivity contribution in [1.29, 1.82) is 5.26 Å². The molecule has 0 unspecified atom stereocenters. The van der Waals surface area contributed by atoms with Gasteiger partial charge in [-0.2, -0.15) is 5.26 Å². The van der Waals surface area contributed by atoms with E-state index in [1.165, 1.54) is 6.07 Å². The van der Waals surface area contributed by atoms with Crippen LogP contribution in [0.2, 0.25) is 5.02 Å². The van der Waals surface area contributed by atoms with Crippen LogP contribution in [0.4, 0.5) is 5.69 Å². The smallest absolute Gasteiger partial charge is 0.277 e. The Balaban J connectivity index is 2.19. The molecule has 20 heavy (non-hydrogen) atoms. The van der Waals surface area contributed by atoms with Gasteiger partial charge >= 0.3 is 0 Å². The Morgan fingerprint density at radius 1 is 1.30 bits per heavy atom. The highest BCUT2D eigenvalue weighted by molar-refractivity contribution is 6.30. The largest absolute Gasteiger partial charge is 0.489 e. The summed E-state index contributed by atoms with van der Waals surface area (Å²) in [5.41, 5.74) is 0.795. The number of nitro benzene ring substituents is 1. The number of nitrogens with zero attached hydrogens (tertiary/aromatic N) is 2. The van der Waals surface area contributed by atoms with E-state index in [2.05, 4.69) is 0 Å². The van der Waals surface area contributed by atoms with Gasteiger partial charge in [0, 0.05) is 11.1 Å². The monoisotopic (exact) mass is 288 g/mol. The molecular weight excluding hydrogens is 280 g/mol. The molecule has 0 heterocycles. The summed E-state index contributed by atoms with van der Waals surface area (Å²) >= 11 is 5.74. The first-order chi connectivity index (χ1) is 9.60. The molecule has 2 aromatic rings. The molecule has 0 aliphatic rings. The maximum Gasteiger partial charge on any atom is 0.277 e. The maximum atomic E-state index is 10.9. The van der Waals surface area contributed by atoms with Gasteiger partial charge in [-0.1, -0.05) is 17.7 Å². The molecule has 6 heteroatoms. The van der Waals surface area contributed by atoms with Gasteiger partial charge in [-0.05, 0) is 30.3 Å². The van der Waals surface area contributed by atoms with Gasteiger partial charge in [0.25, 0.3) is 5.69 Å². The topological polar surface area (TPSA) is 76.2 Å². The standard InChI is InChI=1S/C14H9ClN2O3/c15-12-5-4-11(14(7-12)17(18)19)9-20-13-3-1-2-10(6-13)8-16/h1-7H,9H2. The van der Waals surface area contributed by atoms with Gasteiger partial charge in [-0.25, -0.2) is 0 Å². The molecule has 0 N–H and O–H groups in total. The SMILES string of the molecule is N#Cc1cccc(OCc2ccc(Cl)cc2[N+](=O)[O-])c1. The van der Waals surface area contributed by atoms with Crippen molar-refractivity contribution in [1.82, 2.24) is 0 Å². The van der Waals surface area contributed by atoms with E-state index >= 15 is 0 Å². The average Bonchev–Trinajstić information content (AvgIpc) is 2.46. The molecule has 0 aromatic heterocycles. The van der Waals surface area contributed by atoms with E-state index in [1.807, 2.05) is 6.07 Å². The van der Waals surface area contributed by atoms with Crippen LogP contribution >= 0.6 is 11.6 Å². The number of ether oxygens (including phenoxy) is 1. The molecule has 100 valence electrons. The van der Waals surface area contributed by atoms with Crippen molar-refractivity contribution in [2.75, 3.05) is 0 Å². The lowest BCUT2D eigenvalue weighted by atomic mass is 10.2. The lowest BCUT2D eigenvalue weighted by molar-refractivity contribution is -0.385. The second-order valence-electron chi connectivity index (χ2n) is 3.96. The van der Waals surface area contributed by atoms with Crippen molar-refractivity contribution in [3.05, 3.63) is 68.7 Å². The summed E-state index contributed by atoms with van der Waals surface area (Å²) in [7, 11) is 0. The van der Waals surface area contributed by atoms with Gasteiger partial charge in [0.15, 0.2) is 0 Å². The van der Waals surface area contributed by atoms with Crippen LogP contribution in [-0.4, -0.2) is 4.92 Å². The van der Waals surface area contributed by atoms with E-state index in [0.29, 0.717) is 21.9 Å². The first kappa shape index (κ1) is 13.8. The number of hydrogen-bond donors (Lipinski definition) is 0. The zero-order chi connectivity index (χ0) is 14.5. The van der Waals surface area contributed by atoms with E-state index in [-0.39, 0.29) is 12.3 Å². The normalized spacial score (nSPS) is 9.80. The summed E-state index contributed by atoms with van der Waals surface area (Å²) in [6.45, 7) is 0.0301. The number of nitriles is 1. The van der Waals surface area contributed by atoms with Gasteiger partial charge in [0.1, 0.15) is 12.4 Å². The molecule has 0 atom stereocenters. The Kier molecular flexibility index (Phi) is 4.18. The molecule has 5 nitrogen and oxygen atoms in total. The Labute approximate surface area is 120 Å². The van der Waals surface area contributed by atoms with Crippen molar-refractivity contribution in [2.45, 2.75) is 6.61 Å². The van der Waals surface area contributed by atoms with Crippen LogP contribution in [0.3, 0.4) is 0 Å².